The normalized spacial score (nSPS) is 16.3. The van der Waals surface area contributed by atoms with E-state index in [9.17, 15) is 18.8 Å². The maximum absolute atomic E-state index is 13.3. The van der Waals surface area contributed by atoms with Crippen LogP contribution in [0, 0.1) is 0 Å². The molecule has 1 saturated carbocycles. The number of hydrogen-bond donors (Lipinski definition) is 3. The first-order valence-corrected chi connectivity index (χ1v) is 11.6. The Morgan fingerprint density at radius 1 is 1.14 bits per heavy atom. The molecule has 2 amide bonds. The van der Waals surface area contributed by atoms with Crippen LogP contribution in [0.2, 0.25) is 0 Å². The number of carbonyl (C=O) groups is 2. The molecular weight excluding hydrogens is 479 g/mol. The molecule has 3 N–H and O–H groups in total. The highest BCUT2D eigenvalue weighted by Gasteiger charge is 2.39. The number of nitrogens with one attached hydrogen (secondary N) is 3. The first-order chi connectivity index (χ1) is 17.8. The summed E-state index contributed by atoms with van der Waals surface area (Å²) < 4.78 is 16.1. The highest BCUT2D eigenvalue weighted by atomic mass is 19.1. The van der Waals surface area contributed by atoms with Crippen molar-refractivity contribution in [1.82, 2.24) is 29.4 Å². The van der Waals surface area contributed by atoms with E-state index in [-0.39, 0.29) is 22.8 Å². The number of rotatable bonds is 7. The van der Waals surface area contributed by atoms with Crippen molar-refractivity contribution in [3.63, 3.8) is 0 Å². The fraction of sp³-hybridized carbons (Fsp3) is 0.240. The van der Waals surface area contributed by atoms with Crippen molar-refractivity contribution in [3.8, 4) is 5.69 Å². The third-order valence-electron chi connectivity index (χ3n) is 6.01. The smallest absolute Gasteiger partial charge is 0.278 e. The highest BCUT2D eigenvalue weighted by Crippen LogP contribution is 2.26. The first kappa shape index (κ1) is 24.0. The number of halogens is 1. The third kappa shape index (κ3) is 4.60. The van der Waals surface area contributed by atoms with Crippen molar-refractivity contribution >= 4 is 34.7 Å². The predicted octanol–water partition coefficient (Wildman–Crippen LogP) is 2.21. The van der Waals surface area contributed by atoms with Crippen LogP contribution in [0.25, 0.3) is 11.3 Å². The van der Waals surface area contributed by atoms with Crippen molar-refractivity contribution in [3.05, 3.63) is 76.5 Å². The van der Waals surface area contributed by atoms with E-state index >= 15 is 0 Å². The van der Waals surface area contributed by atoms with Crippen LogP contribution in [-0.4, -0.2) is 69.2 Å². The van der Waals surface area contributed by atoms with E-state index in [4.69, 9.17) is 0 Å². The molecule has 1 aliphatic rings. The molecule has 1 aromatic carbocycles. The lowest BCUT2D eigenvalue weighted by molar-refractivity contribution is 0.0827. The highest BCUT2D eigenvalue weighted by molar-refractivity contribution is 5.95. The van der Waals surface area contributed by atoms with Crippen molar-refractivity contribution in [1.29, 1.82) is 0 Å². The number of pyridine rings is 1. The molecule has 190 valence electrons. The number of anilines is 3. The van der Waals surface area contributed by atoms with Gasteiger partial charge in [-0.05, 0) is 36.4 Å². The standard InChI is InChI=1S/C25H25FN8O3/c1-27-19-12-21(31-34-20(13-28-22(19)34)23(35)30-18-11-16(18)26)29-17-5-4-10-33(25(17)37)15-8-6-14(7-9-15)24(36)32(2)3/h4-10,12-13,16,18,27H,11H2,1-3H3,(H,29,31)(H,30,35)/t16-,18+/m0/s1. The fourth-order valence-electron chi connectivity index (χ4n) is 3.88. The number of aromatic nitrogens is 4. The minimum absolute atomic E-state index is 0.134. The van der Waals surface area contributed by atoms with Gasteiger partial charge in [-0.1, -0.05) is 0 Å². The van der Waals surface area contributed by atoms with Gasteiger partial charge in [-0.25, -0.2) is 13.9 Å². The summed E-state index contributed by atoms with van der Waals surface area (Å²) in [5, 5.41) is 13.1. The molecule has 0 unspecified atom stereocenters. The average Bonchev–Trinajstić information content (AvgIpc) is 3.41. The van der Waals surface area contributed by atoms with Gasteiger partial charge < -0.3 is 20.9 Å². The van der Waals surface area contributed by atoms with Gasteiger partial charge in [0.25, 0.3) is 17.4 Å². The van der Waals surface area contributed by atoms with Gasteiger partial charge in [-0.3, -0.25) is 19.0 Å². The molecule has 1 aliphatic carbocycles. The fourth-order valence-corrected chi connectivity index (χ4v) is 3.88. The zero-order valence-corrected chi connectivity index (χ0v) is 20.4. The van der Waals surface area contributed by atoms with E-state index < -0.39 is 18.1 Å². The monoisotopic (exact) mass is 504 g/mol. The Morgan fingerprint density at radius 3 is 2.51 bits per heavy atom. The molecule has 12 heteroatoms. The van der Waals surface area contributed by atoms with Crippen LogP contribution in [0.15, 0.2) is 59.7 Å². The first-order valence-electron chi connectivity index (χ1n) is 11.6. The van der Waals surface area contributed by atoms with E-state index in [1.807, 2.05) is 0 Å². The van der Waals surface area contributed by atoms with E-state index in [0.29, 0.717) is 34.8 Å². The zero-order valence-electron chi connectivity index (χ0n) is 20.4. The van der Waals surface area contributed by atoms with E-state index in [2.05, 4.69) is 26.0 Å². The van der Waals surface area contributed by atoms with Gasteiger partial charge in [0, 0.05) is 51.1 Å². The van der Waals surface area contributed by atoms with Gasteiger partial charge >= 0.3 is 0 Å². The summed E-state index contributed by atoms with van der Waals surface area (Å²) in [6, 6.07) is 11.2. The van der Waals surface area contributed by atoms with Gasteiger partial charge in [0.2, 0.25) is 0 Å². The minimum atomic E-state index is -1.04. The number of benzene rings is 1. The Kier molecular flexibility index (Phi) is 6.07. The Balaban J connectivity index is 1.46. The van der Waals surface area contributed by atoms with Crippen LogP contribution in [0.4, 0.5) is 21.6 Å². The van der Waals surface area contributed by atoms with E-state index in [1.54, 1.807) is 69.8 Å². The largest absolute Gasteiger partial charge is 0.385 e. The molecule has 0 saturated heterocycles. The van der Waals surface area contributed by atoms with Crippen LogP contribution in [0.5, 0.6) is 0 Å². The lowest BCUT2D eigenvalue weighted by Crippen LogP contribution is -2.28. The molecule has 11 nitrogen and oxygen atoms in total. The number of fused-ring (bicyclic) bond motifs is 1. The van der Waals surface area contributed by atoms with E-state index in [0.717, 1.165) is 0 Å². The minimum Gasteiger partial charge on any atom is -0.385 e. The maximum atomic E-state index is 13.3. The van der Waals surface area contributed by atoms with Crippen LogP contribution < -0.4 is 21.5 Å². The Hall–Kier alpha value is -4.74. The molecule has 0 aliphatic heterocycles. The Morgan fingerprint density at radius 2 is 1.86 bits per heavy atom. The van der Waals surface area contributed by atoms with Crippen LogP contribution in [-0.2, 0) is 0 Å². The second-order valence-corrected chi connectivity index (χ2v) is 8.87. The van der Waals surface area contributed by atoms with Gasteiger partial charge in [-0.2, -0.15) is 0 Å². The predicted molar refractivity (Wildman–Crippen MR) is 137 cm³/mol. The number of carbonyl (C=O) groups excluding carboxylic acids is 2. The van der Waals surface area contributed by atoms with Crippen LogP contribution >= 0.6 is 0 Å². The quantitative estimate of drug-likeness (QED) is 0.352. The van der Waals surface area contributed by atoms with Crippen molar-refractivity contribution in [2.75, 3.05) is 31.8 Å². The number of alkyl halides is 1. The second-order valence-electron chi connectivity index (χ2n) is 8.87. The molecule has 0 radical (unpaired) electrons. The van der Waals surface area contributed by atoms with Gasteiger partial charge in [0.1, 0.15) is 11.9 Å². The average molecular weight is 505 g/mol. The number of amides is 2. The molecule has 4 aromatic rings. The molecular formula is C25H25FN8O3. The lowest BCUT2D eigenvalue weighted by atomic mass is 10.2. The van der Waals surface area contributed by atoms with Gasteiger partial charge in [-0.15, -0.1) is 5.10 Å². The second kappa shape index (κ2) is 9.37. The third-order valence-corrected chi connectivity index (χ3v) is 6.01. The van der Waals surface area contributed by atoms with Crippen LogP contribution in [0.3, 0.4) is 0 Å². The summed E-state index contributed by atoms with van der Waals surface area (Å²) in [5.74, 6) is -0.326. The number of imidazole rings is 1. The van der Waals surface area contributed by atoms with E-state index in [1.165, 1.54) is 20.2 Å². The molecule has 2 atom stereocenters. The molecule has 5 rings (SSSR count). The Bertz CT molecular complexity index is 1560. The van der Waals surface area contributed by atoms with Gasteiger partial charge in [0.05, 0.1) is 17.9 Å². The Labute approximate surface area is 210 Å². The summed E-state index contributed by atoms with van der Waals surface area (Å²) in [6.45, 7) is 0. The summed E-state index contributed by atoms with van der Waals surface area (Å²) in [7, 11) is 5.05. The summed E-state index contributed by atoms with van der Waals surface area (Å²) in [5.41, 5.74) is 2.13. The summed E-state index contributed by atoms with van der Waals surface area (Å²) in [6.07, 6.45) is 2.25. The molecule has 3 heterocycles. The summed E-state index contributed by atoms with van der Waals surface area (Å²) in [4.78, 5) is 43.8. The molecule has 1 fully saturated rings. The topological polar surface area (TPSA) is 126 Å². The molecule has 0 spiro atoms. The van der Waals surface area contributed by atoms with Crippen molar-refractivity contribution in [2.24, 2.45) is 0 Å². The van der Waals surface area contributed by atoms with Gasteiger partial charge in [0.15, 0.2) is 17.2 Å². The van der Waals surface area contributed by atoms with Crippen LogP contribution in [0.1, 0.15) is 27.3 Å². The lowest BCUT2D eigenvalue weighted by Gasteiger charge is -2.13. The molecule has 0 bridgehead atoms. The molecule has 37 heavy (non-hydrogen) atoms. The zero-order chi connectivity index (χ0) is 26.3. The number of hydrogen-bond acceptors (Lipinski definition) is 7. The summed E-state index contributed by atoms with van der Waals surface area (Å²) >= 11 is 0. The maximum Gasteiger partial charge on any atom is 0.278 e. The van der Waals surface area contributed by atoms with Crippen molar-refractivity contribution in [2.45, 2.75) is 18.6 Å². The number of nitrogens with zero attached hydrogens (tertiary/aromatic N) is 5. The van der Waals surface area contributed by atoms with Crippen molar-refractivity contribution < 1.29 is 14.0 Å². The molecule has 3 aromatic heterocycles. The SMILES string of the molecule is CNc1cc(Nc2cccn(-c3ccc(C(=O)N(C)C)cc3)c2=O)nn2c(C(=O)N[C@@H]3C[C@@H]3F)cnc12.